The maximum Gasteiger partial charge on any atom is 0.220 e. The molecule has 30 heavy (non-hydrogen) atoms. The van der Waals surface area contributed by atoms with Gasteiger partial charge in [0.05, 0.1) is 6.04 Å². The number of aryl methyl sites for hydroxylation is 2. The molecule has 1 atom stereocenters. The average Bonchev–Trinajstić information content (AvgIpc) is 2.75. The normalized spacial score (nSPS) is 16.4. The van der Waals surface area contributed by atoms with Crippen molar-refractivity contribution in [2.45, 2.75) is 57.7 Å². The van der Waals surface area contributed by atoms with Crippen molar-refractivity contribution in [2.24, 2.45) is 5.92 Å². The van der Waals surface area contributed by atoms with E-state index >= 15 is 0 Å². The minimum absolute atomic E-state index is 0.0917. The van der Waals surface area contributed by atoms with Crippen molar-refractivity contribution in [1.82, 2.24) is 20.2 Å². The number of aromatic nitrogens is 2. The van der Waals surface area contributed by atoms with Gasteiger partial charge in [-0.05, 0) is 69.5 Å². The zero-order valence-corrected chi connectivity index (χ0v) is 19.5. The molecule has 3 rings (SSSR count). The number of nitrogens with zero attached hydrogens (tertiary/aromatic N) is 3. The Morgan fingerprint density at radius 1 is 1.17 bits per heavy atom. The second-order valence-electron chi connectivity index (χ2n) is 8.31. The van der Waals surface area contributed by atoms with Crippen LogP contribution in [0.2, 0.25) is 0 Å². The van der Waals surface area contributed by atoms with Gasteiger partial charge in [0.1, 0.15) is 0 Å². The fourth-order valence-corrected chi connectivity index (χ4v) is 4.63. The van der Waals surface area contributed by atoms with Crippen molar-refractivity contribution in [3.8, 4) is 0 Å². The van der Waals surface area contributed by atoms with Crippen LogP contribution < -0.4 is 5.32 Å². The molecule has 0 bridgehead atoms. The highest BCUT2D eigenvalue weighted by Gasteiger charge is 2.25. The molecule has 6 heteroatoms. The molecule has 1 aromatic carbocycles. The molecule has 0 radical (unpaired) electrons. The van der Waals surface area contributed by atoms with Crippen molar-refractivity contribution in [3.05, 3.63) is 52.8 Å². The van der Waals surface area contributed by atoms with E-state index in [-0.39, 0.29) is 11.9 Å². The Morgan fingerprint density at radius 2 is 1.80 bits per heavy atom. The summed E-state index contributed by atoms with van der Waals surface area (Å²) in [5.74, 6) is 0.882. The standard InChI is InChI=1S/C24H34N4OS/c1-17-12-14-28(15-13-17)22(20-8-6-5-7-9-20)16-25-23(29)11-10-21-18(2)26-24(30-4)27-19(21)3/h5-9,17,22H,10-16H2,1-4H3,(H,25,29). The summed E-state index contributed by atoms with van der Waals surface area (Å²) in [5.41, 5.74) is 4.32. The zero-order chi connectivity index (χ0) is 21.5. The molecule has 0 saturated carbocycles. The van der Waals surface area contributed by atoms with Gasteiger partial charge >= 0.3 is 0 Å². The van der Waals surface area contributed by atoms with Crippen molar-refractivity contribution in [1.29, 1.82) is 0 Å². The van der Waals surface area contributed by atoms with E-state index < -0.39 is 0 Å². The lowest BCUT2D eigenvalue weighted by Crippen LogP contribution is -2.42. The van der Waals surface area contributed by atoms with Gasteiger partial charge in [0, 0.05) is 24.4 Å². The molecule has 1 amide bonds. The molecule has 2 aromatic rings. The first-order valence-electron chi connectivity index (χ1n) is 10.9. The van der Waals surface area contributed by atoms with Crippen LogP contribution in [0, 0.1) is 19.8 Å². The van der Waals surface area contributed by atoms with Gasteiger partial charge in [-0.1, -0.05) is 49.0 Å². The summed E-state index contributed by atoms with van der Waals surface area (Å²) in [6.45, 7) is 9.17. The summed E-state index contributed by atoms with van der Waals surface area (Å²) in [6.07, 6.45) is 5.56. The topological polar surface area (TPSA) is 58.1 Å². The molecule has 162 valence electrons. The van der Waals surface area contributed by atoms with E-state index in [1.807, 2.05) is 26.2 Å². The molecule has 2 heterocycles. The van der Waals surface area contributed by atoms with E-state index in [4.69, 9.17) is 0 Å². The van der Waals surface area contributed by atoms with E-state index in [1.54, 1.807) is 11.8 Å². The Kier molecular flexibility index (Phi) is 8.28. The third-order valence-corrected chi connectivity index (χ3v) is 6.67. The number of thioether (sulfide) groups is 1. The van der Waals surface area contributed by atoms with Gasteiger partial charge in [-0.3, -0.25) is 9.69 Å². The molecule has 1 fully saturated rings. The smallest absolute Gasteiger partial charge is 0.220 e. The Morgan fingerprint density at radius 3 is 2.40 bits per heavy atom. The number of benzene rings is 1. The number of hydrogen-bond donors (Lipinski definition) is 1. The molecular weight excluding hydrogens is 392 g/mol. The summed E-state index contributed by atoms with van der Waals surface area (Å²) in [5, 5.41) is 3.99. The molecule has 1 unspecified atom stereocenters. The third kappa shape index (κ3) is 6.05. The van der Waals surface area contributed by atoms with Crippen molar-refractivity contribution < 1.29 is 4.79 Å². The Labute approximate surface area is 185 Å². The highest BCUT2D eigenvalue weighted by Crippen LogP contribution is 2.26. The van der Waals surface area contributed by atoms with E-state index in [1.165, 1.54) is 18.4 Å². The fourth-order valence-electron chi connectivity index (χ4n) is 4.17. The lowest BCUT2D eigenvalue weighted by Gasteiger charge is -2.37. The predicted octanol–water partition coefficient (Wildman–Crippen LogP) is 4.34. The maximum atomic E-state index is 12.7. The molecule has 1 saturated heterocycles. The molecule has 1 aliphatic rings. The maximum absolute atomic E-state index is 12.7. The molecule has 5 nitrogen and oxygen atoms in total. The monoisotopic (exact) mass is 426 g/mol. The lowest BCUT2D eigenvalue weighted by atomic mass is 9.95. The van der Waals surface area contributed by atoms with E-state index in [0.29, 0.717) is 19.4 Å². The number of likely N-dealkylation sites (tertiary alicyclic amines) is 1. The van der Waals surface area contributed by atoms with Crippen LogP contribution in [0.15, 0.2) is 35.5 Å². The number of piperidine rings is 1. The summed E-state index contributed by atoms with van der Waals surface area (Å²) >= 11 is 1.55. The summed E-state index contributed by atoms with van der Waals surface area (Å²) in [7, 11) is 0. The second kappa shape index (κ2) is 10.9. The second-order valence-corrected chi connectivity index (χ2v) is 9.08. The van der Waals surface area contributed by atoms with Gasteiger partial charge in [0.15, 0.2) is 5.16 Å². The summed E-state index contributed by atoms with van der Waals surface area (Å²) in [4.78, 5) is 24.2. The van der Waals surface area contributed by atoms with Crippen LogP contribution in [0.25, 0.3) is 0 Å². The van der Waals surface area contributed by atoms with Crippen LogP contribution in [0.3, 0.4) is 0 Å². The number of carbonyl (C=O) groups excluding carboxylic acids is 1. The number of amides is 1. The predicted molar refractivity (Wildman–Crippen MR) is 124 cm³/mol. The van der Waals surface area contributed by atoms with E-state index in [9.17, 15) is 4.79 Å². The number of carbonyl (C=O) groups is 1. The SMILES string of the molecule is CSc1nc(C)c(CCC(=O)NCC(c2ccccc2)N2CCC(C)CC2)c(C)n1. The lowest BCUT2D eigenvalue weighted by molar-refractivity contribution is -0.121. The van der Waals surface area contributed by atoms with Crippen LogP contribution in [0.1, 0.15) is 54.7 Å². The first kappa shape index (κ1) is 22.8. The average molecular weight is 427 g/mol. The van der Waals surface area contributed by atoms with Crippen LogP contribution in [-0.2, 0) is 11.2 Å². The van der Waals surface area contributed by atoms with Crippen molar-refractivity contribution in [2.75, 3.05) is 25.9 Å². The van der Waals surface area contributed by atoms with Crippen LogP contribution >= 0.6 is 11.8 Å². The molecule has 0 aliphatic carbocycles. The van der Waals surface area contributed by atoms with E-state index in [2.05, 4.69) is 51.4 Å². The number of rotatable bonds is 8. The fraction of sp³-hybridized carbons (Fsp3) is 0.542. The number of nitrogens with one attached hydrogen (secondary N) is 1. The van der Waals surface area contributed by atoms with Gasteiger partial charge in [0.25, 0.3) is 0 Å². The first-order chi connectivity index (χ1) is 14.5. The van der Waals surface area contributed by atoms with Crippen LogP contribution in [0.4, 0.5) is 0 Å². The Bertz CT molecular complexity index is 811. The number of hydrogen-bond acceptors (Lipinski definition) is 5. The third-order valence-electron chi connectivity index (χ3n) is 6.12. The highest BCUT2D eigenvalue weighted by molar-refractivity contribution is 7.98. The summed E-state index contributed by atoms with van der Waals surface area (Å²) in [6, 6.07) is 10.8. The molecular formula is C24H34N4OS. The quantitative estimate of drug-likeness (QED) is 0.503. The van der Waals surface area contributed by atoms with Gasteiger partial charge in [-0.25, -0.2) is 9.97 Å². The zero-order valence-electron chi connectivity index (χ0n) is 18.6. The first-order valence-corrected chi connectivity index (χ1v) is 12.1. The highest BCUT2D eigenvalue weighted by atomic mass is 32.2. The van der Waals surface area contributed by atoms with Crippen LogP contribution in [0.5, 0.6) is 0 Å². The molecule has 1 aromatic heterocycles. The van der Waals surface area contributed by atoms with Crippen molar-refractivity contribution in [3.63, 3.8) is 0 Å². The minimum atomic E-state index is 0.0917. The Hall–Kier alpha value is -1.92. The molecule has 0 spiro atoms. The van der Waals surface area contributed by atoms with Crippen LogP contribution in [-0.4, -0.2) is 46.7 Å². The van der Waals surface area contributed by atoms with E-state index in [0.717, 1.165) is 41.1 Å². The van der Waals surface area contributed by atoms with Crippen molar-refractivity contribution >= 4 is 17.7 Å². The Balaban J connectivity index is 1.59. The summed E-state index contributed by atoms with van der Waals surface area (Å²) < 4.78 is 0. The van der Waals surface area contributed by atoms with Gasteiger partial charge in [-0.2, -0.15) is 0 Å². The molecule has 1 aliphatic heterocycles. The van der Waals surface area contributed by atoms with Gasteiger partial charge in [-0.15, -0.1) is 0 Å². The van der Waals surface area contributed by atoms with Gasteiger partial charge < -0.3 is 5.32 Å². The largest absolute Gasteiger partial charge is 0.354 e. The van der Waals surface area contributed by atoms with Gasteiger partial charge in [0.2, 0.25) is 5.91 Å². The molecule has 1 N–H and O–H groups in total. The minimum Gasteiger partial charge on any atom is -0.354 e.